The summed E-state index contributed by atoms with van der Waals surface area (Å²) in [5.41, 5.74) is 1.37. The number of hydrogen-bond donors (Lipinski definition) is 1. The molecule has 1 aliphatic heterocycles. The maximum atomic E-state index is 11.0. The van der Waals surface area contributed by atoms with Gasteiger partial charge in [0.1, 0.15) is 0 Å². The smallest absolute Gasteiger partial charge is 0.233 e. The van der Waals surface area contributed by atoms with E-state index in [9.17, 15) is 4.79 Å². The van der Waals surface area contributed by atoms with Crippen molar-refractivity contribution in [2.24, 2.45) is 0 Å². The molecule has 1 amide bonds. The molecule has 1 rings (SSSR count). The van der Waals surface area contributed by atoms with Gasteiger partial charge in [-0.1, -0.05) is 11.6 Å². The van der Waals surface area contributed by atoms with Gasteiger partial charge in [0, 0.05) is 20.1 Å². The Hall–Kier alpha value is -0.830. The Kier molecular flexibility index (Phi) is 3.29. The van der Waals surface area contributed by atoms with E-state index in [4.69, 9.17) is 0 Å². The van der Waals surface area contributed by atoms with Crippen LogP contribution in [0, 0.1) is 0 Å². The maximum absolute atomic E-state index is 11.0. The lowest BCUT2D eigenvalue weighted by Gasteiger charge is -2.24. The summed E-state index contributed by atoms with van der Waals surface area (Å²) in [6, 6.07) is 0. The lowest BCUT2D eigenvalue weighted by Crippen LogP contribution is -2.38. The second-order valence-corrected chi connectivity index (χ2v) is 3.22. The van der Waals surface area contributed by atoms with Gasteiger partial charge in [0.2, 0.25) is 5.91 Å². The molecule has 12 heavy (non-hydrogen) atoms. The number of nitrogens with one attached hydrogen (secondary N) is 1. The minimum absolute atomic E-state index is 0.102. The summed E-state index contributed by atoms with van der Waals surface area (Å²) >= 11 is 0. The molecular formula is C9H16N2O. The summed E-state index contributed by atoms with van der Waals surface area (Å²) in [7, 11) is 1.68. The van der Waals surface area contributed by atoms with Crippen LogP contribution < -0.4 is 5.32 Å². The molecular weight excluding hydrogens is 152 g/mol. The van der Waals surface area contributed by atoms with Crippen LogP contribution in [0.5, 0.6) is 0 Å². The molecule has 68 valence electrons. The zero-order chi connectivity index (χ0) is 8.97. The van der Waals surface area contributed by atoms with Gasteiger partial charge in [-0.2, -0.15) is 0 Å². The molecule has 1 N–H and O–H groups in total. The Balaban J connectivity index is 2.35. The van der Waals surface area contributed by atoms with E-state index in [1.807, 2.05) is 0 Å². The highest BCUT2D eigenvalue weighted by Gasteiger charge is 2.12. The number of nitrogens with zero attached hydrogens (tertiary/aromatic N) is 1. The van der Waals surface area contributed by atoms with Gasteiger partial charge in [-0.25, -0.2) is 0 Å². The van der Waals surface area contributed by atoms with Crippen LogP contribution in [0.25, 0.3) is 0 Å². The standard InChI is InChI=1S/C9H16N2O/c1-8-4-3-5-11(6-8)7-9(12)10-2/h4H,3,5-7H2,1-2H3,(H,10,12). The molecule has 0 bridgehead atoms. The van der Waals surface area contributed by atoms with Crippen LogP contribution in [-0.2, 0) is 4.79 Å². The highest BCUT2D eigenvalue weighted by atomic mass is 16.1. The average Bonchev–Trinajstić information content (AvgIpc) is 2.04. The number of hydrogen-bond acceptors (Lipinski definition) is 2. The fourth-order valence-electron chi connectivity index (χ4n) is 1.41. The van der Waals surface area contributed by atoms with Crippen molar-refractivity contribution < 1.29 is 4.79 Å². The Morgan fingerprint density at radius 1 is 1.75 bits per heavy atom. The van der Waals surface area contributed by atoms with Crippen molar-refractivity contribution in [3.8, 4) is 0 Å². The number of carbonyl (C=O) groups is 1. The molecule has 1 heterocycles. The average molecular weight is 168 g/mol. The fourth-order valence-corrected chi connectivity index (χ4v) is 1.41. The van der Waals surface area contributed by atoms with Crippen molar-refractivity contribution >= 4 is 5.91 Å². The molecule has 1 aliphatic rings. The third kappa shape index (κ3) is 2.66. The molecule has 0 atom stereocenters. The molecule has 0 unspecified atom stereocenters. The molecule has 0 aromatic heterocycles. The van der Waals surface area contributed by atoms with Crippen molar-refractivity contribution in [3.05, 3.63) is 11.6 Å². The molecule has 0 fully saturated rings. The highest BCUT2D eigenvalue weighted by molar-refractivity contribution is 5.77. The summed E-state index contributed by atoms with van der Waals surface area (Å²) in [4.78, 5) is 13.2. The first-order valence-corrected chi connectivity index (χ1v) is 4.31. The number of amides is 1. The minimum Gasteiger partial charge on any atom is -0.358 e. The van der Waals surface area contributed by atoms with Gasteiger partial charge in [0.15, 0.2) is 0 Å². The van der Waals surface area contributed by atoms with Crippen molar-refractivity contribution in [1.29, 1.82) is 0 Å². The maximum Gasteiger partial charge on any atom is 0.233 e. The van der Waals surface area contributed by atoms with E-state index in [0.717, 1.165) is 19.5 Å². The largest absolute Gasteiger partial charge is 0.358 e. The first kappa shape index (κ1) is 9.26. The van der Waals surface area contributed by atoms with E-state index in [1.54, 1.807) is 7.05 Å². The number of carbonyl (C=O) groups excluding carboxylic acids is 1. The lowest BCUT2D eigenvalue weighted by atomic mass is 10.1. The van der Waals surface area contributed by atoms with E-state index < -0.39 is 0 Å². The van der Waals surface area contributed by atoms with Crippen LogP contribution in [0.1, 0.15) is 13.3 Å². The molecule has 3 nitrogen and oxygen atoms in total. The Morgan fingerprint density at radius 2 is 2.50 bits per heavy atom. The molecule has 0 aliphatic carbocycles. The SMILES string of the molecule is CNC(=O)CN1CCC=C(C)C1. The van der Waals surface area contributed by atoms with Gasteiger partial charge in [-0.3, -0.25) is 9.69 Å². The lowest BCUT2D eigenvalue weighted by molar-refractivity contribution is -0.121. The van der Waals surface area contributed by atoms with Crippen LogP contribution in [0.4, 0.5) is 0 Å². The van der Waals surface area contributed by atoms with Crippen molar-refractivity contribution in [2.45, 2.75) is 13.3 Å². The van der Waals surface area contributed by atoms with E-state index in [0.29, 0.717) is 6.54 Å². The molecule has 0 aromatic rings. The van der Waals surface area contributed by atoms with Crippen molar-refractivity contribution in [3.63, 3.8) is 0 Å². The topological polar surface area (TPSA) is 32.3 Å². The zero-order valence-corrected chi connectivity index (χ0v) is 7.76. The second-order valence-electron chi connectivity index (χ2n) is 3.22. The van der Waals surface area contributed by atoms with Crippen LogP contribution >= 0.6 is 0 Å². The molecule has 0 saturated heterocycles. The quantitative estimate of drug-likeness (QED) is 0.605. The van der Waals surface area contributed by atoms with Gasteiger partial charge in [-0.15, -0.1) is 0 Å². The Labute approximate surface area is 73.4 Å². The normalized spacial score (nSPS) is 18.7. The third-order valence-corrected chi connectivity index (χ3v) is 2.06. The molecule has 0 radical (unpaired) electrons. The van der Waals surface area contributed by atoms with E-state index in [1.165, 1.54) is 5.57 Å². The predicted molar refractivity (Wildman–Crippen MR) is 48.9 cm³/mol. The van der Waals surface area contributed by atoms with Gasteiger partial charge in [-0.05, 0) is 13.3 Å². The van der Waals surface area contributed by atoms with Gasteiger partial charge >= 0.3 is 0 Å². The van der Waals surface area contributed by atoms with Crippen LogP contribution in [-0.4, -0.2) is 37.5 Å². The molecule has 0 saturated carbocycles. The van der Waals surface area contributed by atoms with Crippen molar-refractivity contribution in [2.75, 3.05) is 26.7 Å². The minimum atomic E-state index is 0.102. The first-order chi connectivity index (χ1) is 5.72. The molecule has 0 aromatic carbocycles. The van der Waals surface area contributed by atoms with E-state index >= 15 is 0 Å². The van der Waals surface area contributed by atoms with Gasteiger partial charge in [0.25, 0.3) is 0 Å². The first-order valence-electron chi connectivity index (χ1n) is 4.31. The monoisotopic (exact) mass is 168 g/mol. The number of rotatable bonds is 2. The Bertz CT molecular complexity index is 199. The van der Waals surface area contributed by atoms with Gasteiger partial charge < -0.3 is 5.32 Å². The fraction of sp³-hybridized carbons (Fsp3) is 0.667. The molecule has 0 spiro atoms. The summed E-state index contributed by atoms with van der Waals surface area (Å²) in [6.07, 6.45) is 3.31. The summed E-state index contributed by atoms with van der Waals surface area (Å²) < 4.78 is 0. The number of likely N-dealkylation sites (N-methyl/N-ethyl adjacent to an activating group) is 1. The molecule has 3 heteroatoms. The summed E-state index contributed by atoms with van der Waals surface area (Å²) in [5, 5.41) is 2.63. The van der Waals surface area contributed by atoms with Crippen LogP contribution in [0.15, 0.2) is 11.6 Å². The second kappa shape index (κ2) is 4.26. The van der Waals surface area contributed by atoms with Crippen molar-refractivity contribution in [1.82, 2.24) is 10.2 Å². The van der Waals surface area contributed by atoms with Gasteiger partial charge in [0.05, 0.1) is 6.54 Å². The van der Waals surface area contributed by atoms with Crippen LogP contribution in [0.3, 0.4) is 0 Å². The van der Waals surface area contributed by atoms with E-state index in [2.05, 4.69) is 23.2 Å². The summed E-state index contributed by atoms with van der Waals surface area (Å²) in [6.45, 7) is 4.58. The van der Waals surface area contributed by atoms with Crippen LogP contribution in [0.2, 0.25) is 0 Å². The zero-order valence-electron chi connectivity index (χ0n) is 7.76. The third-order valence-electron chi connectivity index (χ3n) is 2.06. The summed E-state index contributed by atoms with van der Waals surface area (Å²) in [5.74, 6) is 0.102. The Morgan fingerprint density at radius 3 is 3.08 bits per heavy atom. The van der Waals surface area contributed by atoms with E-state index in [-0.39, 0.29) is 5.91 Å². The highest BCUT2D eigenvalue weighted by Crippen LogP contribution is 2.07. The predicted octanol–water partition coefficient (Wildman–Crippen LogP) is 0.384.